The van der Waals surface area contributed by atoms with Crippen molar-refractivity contribution in [1.29, 1.82) is 0 Å². The van der Waals surface area contributed by atoms with Crippen molar-refractivity contribution in [2.45, 2.75) is 26.3 Å². The first kappa shape index (κ1) is 13.5. The lowest BCUT2D eigenvalue weighted by Crippen LogP contribution is -2.16. The van der Waals surface area contributed by atoms with E-state index in [4.69, 9.17) is 5.11 Å². The quantitative estimate of drug-likeness (QED) is 0.858. The fourth-order valence-electron chi connectivity index (χ4n) is 1.24. The summed E-state index contributed by atoms with van der Waals surface area (Å²) in [4.78, 5) is 11.1. The van der Waals surface area contributed by atoms with E-state index < -0.39 is 5.97 Å². The van der Waals surface area contributed by atoms with Crippen LogP contribution in [0.25, 0.3) is 0 Å². The van der Waals surface area contributed by atoms with Gasteiger partial charge in [-0.1, -0.05) is 22.9 Å². The van der Waals surface area contributed by atoms with E-state index in [0.29, 0.717) is 5.69 Å². The van der Waals surface area contributed by atoms with Gasteiger partial charge in [0.1, 0.15) is 0 Å². The summed E-state index contributed by atoms with van der Waals surface area (Å²) in [7, 11) is 0. The first-order valence-corrected chi connectivity index (χ1v) is 6.53. The monoisotopic (exact) mass is 349 g/mol. The Morgan fingerprint density at radius 3 is 2.62 bits per heavy atom. The molecule has 5 heteroatoms. The van der Waals surface area contributed by atoms with Gasteiger partial charge in [0.15, 0.2) is 0 Å². The van der Waals surface area contributed by atoms with Crippen LogP contribution in [0.4, 0.5) is 5.69 Å². The predicted octanol–water partition coefficient (Wildman–Crippen LogP) is 4.12. The highest BCUT2D eigenvalue weighted by atomic mass is 79.9. The molecule has 0 aliphatic carbocycles. The van der Waals surface area contributed by atoms with Crippen molar-refractivity contribution in [2.24, 2.45) is 0 Å². The summed E-state index contributed by atoms with van der Waals surface area (Å²) in [6.07, 6.45) is 0.932. The van der Waals surface area contributed by atoms with Crippen molar-refractivity contribution >= 4 is 43.5 Å². The molecule has 16 heavy (non-hydrogen) atoms. The third-order valence-corrected chi connectivity index (χ3v) is 3.37. The summed E-state index contributed by atoms with van der Waals surface area (Å²) in [5.41, 5.74) is 0.895. The molecule has 2 N–H and O–H groups in total. The number of carboxylic acid groups (broad SMARTS) is 1. The minimum Gasteiger partial charge on any atom is -0.478 e. The molecule has 1 atom stereocenters. The molecule has 0 amide bonds. The molecule has 0 aliphatic rings. The van der Waals surface area contributed by atoms with Crippen LogP contribution in [0.1, 0.15) is 30.6 Å². The SMILES string of the molecule is CCC(C)Nc1c(Br)cc(Br)cc1C(=O)O. The molecule has 1 rings (SSSR count). The van der Waals surface area contributed by atoms with Gasteiger partial charge in [-0.15, -0.1) is 0 Å². The average Bonchev–Trinajstić information content (AvgIpc) is 2.20. The maximum Gasteiger partial charge on any atom is 0.337 e. The van der Waals surface area contributed by atoms with E-state index in [2.05, 4.69) is 37.2 Å². The lowest BCUT2D eigenvalue weighted by molar-refractivity contribution is 0.0697. The van der Waals surface area contributed by atoms with E-state index >= 15 is 0 Å². The molecule has 1 aromatic rings. The molecule has 0 saturated carbocycles. The van der Waals surface area contributed by atoms with Crippen molar-refractivity contribution in [3.63, 3.8) is 0 Å². The number of hydrogen-bond donors (Lipinski definition) is 2. The number of carboxylic acids is 1. The smallest absolute Gasteiger partial charge is 0.337 e. The van der Waals surface area contributed by atoms with Crippen LogP contribution in [0.15, 0.2) is 21.1 Å². The minimum absolute atomic E-state index is 0.232. The molecule has 1 aromatic carbocycles. The van der Waals surface area contributed by atoms with Gasteiger partial charge in [-0.3, -0.25) is 0 Å². The molecule has 0 aromatic heterocycles. The number of nitrogens with one attached hydrogen (secondary N) is 1. The normalized spacial score (nSPS) is 12.2. The predicted molar refractivity (Wildman–Crippen MR) is 72.2 cm³/mol. The number of benzene rings is 1. The third-order valence-electron chi connectivity index (χ3n) is 2.29. The van der Waals surface area contributed by atoms with Gasteiger partial charge in [-0.05, 0) is 41.4 Å². The van der Waals surface area contributed by atoms with Crippen LogP contribution < -0.4 is 5.32 Å². The van der Waals surface area contributed by atoms with Gasteiger partial charge >= 0.3 is 5.97 Å². The zero-order valence-corrected chi connectivity index (χ0v) is 12.2. The van der Waals surface area contributed by atoms with Crippen LogP contribution in [0.2, 0.25) is 0 Å². The maximum atomic E-state index is 11.1. The Labute approximate surface area is 111 Å². The Morgan fingerprint density at radius 2 is 2.12 bits per heavy atom. The minimum atomic E-state index is -0.937. The maximum absolute atomic E-state index is 11.1. The summed E-state index contributed by atoms with van der Waals surface area (Å²) in [5, 5.41) is 12.3. The third kappa shape index (κ3) is 3.22. The second-order valence-corrected chi connectivity index (χ2v) is 5.34. The van der Waals surface area contributed by atoms with Crippen LogP contribution in [0, 0.1) is 0 Å². The summed E-state index contributed by atoms with van der Waals surface area (Å²) in [6.45, 7) is 4.06. The zero-order valence-electron chi connectivity index (χ0n) is 9.05. The van der Waals surface area contributed by atoms with Gasteiger partial charge in [0, 0.05) is 15.0 Å². The van der Waals surface area contributed by atoms with Gasteiger partial charge in [0.25, 0.3) is 0 Å². The fourth-order valence-corrected chi connectivity index (χ4v) is 2.58. The number of hydrogen-bond acceptors (Lipinski definition) is 2. The molecule has 88 valence electrons. The first-order chi connectivity index (χ1) is 7.45. The molecule has 0 fully saturated rings. The number of halogens is 2. The van der Waals surface area contributed by atoms with Crippen LogP contribution in [0.3, 0.4) is 0 Å². The molecule has 0 bridgehead atoms. The van der Waals surface area contributed by atoms with Gasteiger partial charge in [-0.2, -0.15) is 0 Å². The fraction of sp³-hybridized carbons (Fsp3) is 0.364. The number of rotatable bonds is 4. The van der Waals surface area contributed by atoms with E-state index in [-0.39, 0.29) is 11.6 Å². The summed E-state index contributed by atoms with van der Waals surface area (Å²) in [6, 6.07) is 3.66. The number of aromatic carboxylic acids is 1. The van der Waals surface area contributed by atoms with Crippen LogP contribution in [0.5, 0.6) is 0 Å². The average molecular weight is 351 g/mol. The van der Waals surface area contributed by atoms with Crippen molar-refractivity contribution in [3.8, 4) is 0 Å². The van der Waals surface area contributed by atoms with Crippen molar-refractivity contribution < 1.29 is 9.90 Å². The summed E-state index contributed by atoms with van der Waals surface area (Å²) in [5.74, 6) is -0.937. The molecular formula is C11H13Br2NO2. The molecular weight excluding hydrogens is 338 g/mol. The van der Waals surface area contributed by atoms with Gasteiger partial charge in [0.2, 0.25) is 0 Å². The highest BCUT2D eigenvalue weighted by Crippen LogP contribution is 2.31. The van der Waals surface area contributed by atoms with E-state index in [1.165, 1.54) is 0 Å². The largest absolute Gasteiger partial charge is 0.478 e. The topological polar surface area (TPSA) is 49.3 Å². The molecule has 0 heterocycles. The van der Waals surface area contributed by atoms with E-state index in [9.17, 15) is 4.79 Å². The van der Waals surface area contributed by atoms with Crippen molar-refractivity contribution in [3.05, 3.63) is 26.6 Å². The molecule has 1 unspecified atom stereocenters. The number of anilines is 1. The lowest BCUT2D eigenvalue weighted by atomic mass is 10.1. The highest BCUT2D eigenvalue weighted by molar-refractivity contribution is 9.11. The molecule has 0 spiro atoms. The zero-order chi connectivity index (χ0) is 12.3. The van der Waals surface area contributed by atoms with Gasteiger partial charge in [0.05, 0.1) is 11.3 Å². The first-order valence-electron chi connectivity index (χ1n) is 4.94. The Kier molecular flexibility index (Phi) is 4.80. The Balaban J connectivity index is 3.19. The standard InChI is InChI=1S/C11H13Br2NO2/c1-3-6(2)14-10-8(11(15)16)4-7(12)5-9(10)13/h4-6,14H,3H2,1-2H3,(H,15,16). The van der Waals surface area contributed by atoms with Crippen LogP contribution in [-0.2, 0) is 0 Å². The second kappa shape index (κ2) is 5.68. The lowest BCUT2D eigenvalue weighted by Gasteiger charge is -2.17. The van der Waals surface area contributed by atoms with Crippen LogP contribution in [-0.4, -0.2) is 17.1 Å². The Morgan fingerprint density at radius 1 is 1.50 bits per heavy atom. The van der Waals surface area contributed by atoms with Gasteiger partial charge in [-0.25, -0.2) is 4.79 Å². The Bertz CT molecular complexity index is 407. The van der Waals surface area contributed by atoms with Gasteiger partial charge < -0.3 is 10.4 Å². The summed E-state index contributed by atoms with van der Waals surface area (Å²) < 4.78 is 1.49. The van der Waals surface area contributed by atoms with Crippen LogP contribution >= 0.6 is 31.9 Å². The highest BCUT2D eigenvalue weighted by Gasteiger charge is 2.15. The van der Waals surface area contributed by atoms with E-state index in [1.54, 1.807) is 6.07 Å². The summed E-state index contributed by atoms with van der Waals surface area (Å²) >= 11 is 6.65. The molecule has 0 saturated heterocycles. The molecule has 0 radical (unpaired) electrons. The van der Waals surface area contributed by atoms with Crippen molar-refractivity contribution in [2.75, 3.05) is 5.32 Å². The number of carbonyl (C=O) groups is 1. The second-order valence-electron chi connectivity index (χ2n) is 3.57. The van der Waals surface area contributed by atoms with E-state index in [0.717, 1.165) is 15.4 Å². The molecule has 3 nitrogen and oxygen atoms in total. The van der Waals surface area contributed by atoms with E-state index in [1.807, 2.05) is 19.9 Å². The Hall–Kier alpha value is -0.550. The van der Waals surface area contributed by atoms with Crippen molar-refractivity contribution in [1.82, 2.24) is 0 Å². The molecule has 0 aliphatic heterocycles.